The molecule has 0 aromatic carbocycles. The van der Waals surface area contributed by atoms with E-state index in [1.54, 1.807) is 0 Å². The minimum Gasteiger partial charge on any atom is -0.444 e. The number of amides is 1. The van der Waals surface area contributed by atoms with Gasteiger partial charge in [-0.2, -0.15) is 0 Å². The maximum absolute atomic E-state index is 12.5. The summed E-state index contributed by atoms with van der Waals surface area (Å²) in [6.07, 6.45) is 4.51. The molecule has 1 amide bonds. The van der Waals surface area contributed by atoms with Crippen molar-refractivity contribution in [1.82, 2.24) is 9.88 Å². The first-order valence-corrected chi connectivity index (χ1v) is 8.81. The first kappa shape index (κ1) is 17.7. The highest BCUT2D eigenvalue weighted by Crippen LogP contribution is 2.29. The Bertz CT molecular complexity index is 578. The first-order valence-electron chi connectivity index (χ1n) is 7.99. The molecule has 1 aromatic heterocycles. The normalized spacial score (nSPS) is 18.0. The van der Waals surface area contributed by atoms with Crippen LogP contribution in [0, 0.1) is 0 Å². The van der Waals surface area contributed by atoms with Crippen molar-refractivity contribution in [2.45, 2.75) is 65.0 Å². The number of aryl methyl sites for hydroxylation is 1. The van der Waals surface area contributed by atoms with Crippen molar-refractivity contribution in [2.75, 3.05) is 6.54 Å². The number of oxime groups is 1. The van der Waals surface area contributed by atoms with Gasteiger partial charge in [0.2, 0.25) is 0 Å². The van der Waals surface area contributed by atoms with Crippen molar-refractivity contribution in [3.8, 4) is 0 Å². The number of carbonyl (C=O) groups is 1. The van der Waals surface area contributed by atoms with E-state index in [-0.39, 0.29) is 12.1 Å². The summed E-state index contributed by atoms with van der Waals surface area (Å²) in [7, 11) is 0. The Labute approximate surface area is 141 Å². The molecule has 128 valence electrons. The zero-order valence-electron chi connectivity index (χ0n) is 14.2. The Balaban J connectivity index is 2.13. The summed E-state index contributed by atoms with van der Waals surface area (Å²) < 4.78 is 5.56. The molecule has 2 rings (SSSR count). The summed E-state index contributed by atoms with van der Waals surface area (Å²) >= 11 is 1.52. The molecule has 1 aromatic rings. The second-order valence-electron chi connectivity index (χ2n) is 6.74. The third-order valence-electron chi connectivity index (χ3n) is 3.63. The standard InChI is InChI=1S/C16H25N3O3S/c1-5-8-19(15(20)22-16(2,3)4)11-6-7-12-13(9-11)23-14(18-12)10-17-21/h10-11,21H,5-9H2,1-4H3/b17-10+. The van der Waals surface area contributed by atoms with Crippen molar-refractivity contribution in [3.05, 3.63) is 15.6 Å². The molecule has 0 spiro atoms. The maximum atomic E-state index is 12.5. The third kappa shape index (κ3) is 4.67. The third-order valence-corrected chi connectivity index (χ3v) is 4.69. The summed E-state index contributed by atoms with van der Waals surface area (Å²) in [5, 5.41) is 12.4. The lowest BCUT2D eigenvalue weighted by molar-refractivity contribution is 0.0146. The van der Waals surface area contributed by atoms with E-state index in [9.17, 15) is 4.79 Å². The topological polar surface area (TPSA) is 75.0 Å². The summed E-state index contributed by atoms with van der Waals surface area (Å²) in [6.45, 7) is 8.42. The van der Waals surface area contributed by atoms with Gasteiger partial charge in [-0.15, -0.1) is 11.3 Å². The molecule has 1 unspecified atom stereocenters. The highest BCUT2D eigenvalue weighted by Gasteiger charge is 2.31. The van der Waals surface area contributed by atoms with E-state index in [1.165, 1.54) is 22.4 Å². The second kappa shape index (κ2) is 7.29. The van der Waals surface area contributed by atoms with Gasteiger partial charge in [0.05, 0.1) is 5.69 Å². The van der Waals surface area contributed by atoms with Gasteiger partial charge < -0.3 is 14.8 Å². The number of thiazole rings is 1. The maximum Gasteiger partial charge on any atom is 0.410 e. The van der Waals surface area contributed by atoms with Gasteiger partial charge in [-0.25, -0.2) is 9.78 Å². The van der Waals surface area contributed by atoms with Crippen LogP contribution in [0.1, 0.15) is 56.1 Å². The second-order valence-corrected chi connectivity index (χ2v) is 7.85. The predicted octanol–water partition coefficient (Wildman–Crippen LogP) is 3.46. The fraction of sp³-hybridized carbons (Fsp3) is 0.688. The number of aromatic nitrogens is 1. The molecule has 1 heterocycles. The smallest absolute Gasteiger partial charge is 0.410 e. The molecule has 1 atom stereocenters. The molecule has 6 nitrogen and oxygen atoms in total. The number of fused-ring (bicyclic) bond motifs is 1. The molecule has 1 N–H and O–H groups in total. The minimum atomic E-state index is -0.488. The zero-order valence-corrected chi connectivity index (χ0v) is 15.0. The van der Waals surface area contributed by atoms with Crippen LogP contribution in [0.25, 0.3) is 0 Å². The fourth-order valence-electron chi connectivity index (χ4n) is 2.73. The zero-order chi connectivity index (χ0) is 17.0. The molecular weight excluding hydrogens is 314 g/mol. The minimum absolute atomic E-state index is 0.136. The van der Waals surface area contributed by atoms with Crippen LogP contribution < -0.4 is 0 Å². The van der Waals surface area contributed by atoms with Crippen LogP contribution in [0.15, 0.2) is 5.16 Å². The van der Waals surface area contributed by atoms with Crippen molar-refractivity contribution in [1.29, 1.82) is 0 Å². The summed E-state index contributed by atoms with van der Waals surface area (Å²) in [6, 6.07) is 0.136. The molecular formula is C16H25N3O3S. The van der Waals surface area contributed by atoms with Crippen molar-refractivity contribution in [3.63, 3.8) is 0 Å². The molecule has 23 heavy (non-hydrogen) atoms. The lowest BCUT2D eigenvalue weighted by atomic mass is 9.96. The van der Waals surface area contributed by atoms with Crippen LogP contribution in [-0.4, -0.2) is 45.6 Å². The molecule has 0 bridgehead atoms. The Morgan fingerprint density at radius 1 is 1.57 bits per heavy atom. The number of hydrogen-bond acceptors (Lipinski definition) is 6. The van der Waals surface area contributed by atoms with Crippen molar-refractivity contribution >= 4 is 23.6 Å². The highest BCUT2D eigenvalue weighted by molar-refractivity contribution is 7.13. The summed E-state index contributed by atoms with van der Waals surface area (Å²) in [5.74, 6) is 0. The largest absolute Gasteiger partial charge is 0.444 e. The van der Waals surface area contributed by atoms with Gasteiger partial charge in [0.1, 0.15) is 16.8 Å². The lowest BCUT2D eigenvalue weighted by Crippen LogP contribution is -2.46. The quantitative estimate of drug-likeness (QED) is 0.518. The average Bonchev–Trinajstić information content (AvgIpc) is 2.84. The summed E-state index contributed by atoms with van der Waals surface area (Å²) in [4.78, 5) is 20.0. The van der Waals surface area contributed by atoms with E-state index in [2.05, 4.69) is 17.1 Å². The molecule has 0 radical (unpaired) electrons. The van der Waals surface area contributed by atoms with Gasteiger partial charge in [0, 0.05) is 23.9 Å². The van der Waals surface area contributed by atoms with Crippen LogP contribution in [0.5, 0.6) is 0 Å². The Morgan fingerprint density at radius 2 is 2.30 bits per heavy atom. The van der Waals surface area contributed by atoms with E-state index in [0.29, 0.717) is 11.6 Å². The molecule has 0 aliphatic heterocycles. The average molecular weight is 339 g/mol. The van der Waals surface area contributed by atoms with E-state index in [4.69, 9.17) is 9.94 Å². The van der Waals surface area contributed by atoms with Gasteiger partial charge in [-0.3, -0.25) is 0 Å². The summed E-state index contributed by atoms with van der Waals surface area (Å²) in [5.41, 5.74) is 0.569. The van der Waals surface area contributed by atoms with Crippen molar-refractivity contribution < 1.29 is 14.7 Å². The highest BCUT2D eigenvalue weighted by atomic mass is 32.1. The molecule has 1 aliphatic rings. The molecule has 0 saturated heterocycles. The van der Waals surface area contributed by atoms with E-state index in [1.807, 2.05) is 25.7 Å². The van der Waals surface area contributed by atoms with Crippen LogP contribution in [0.4, 0.5) is 4.79 Å². The van der Waals surface area contributed by atoms with E-state index >= 15 is 0 Å². The van der Waals surface area contributed by atoms with Gasteiger partial charge >= 0.3 is 6.09 Å². The van der Waals surface area contributed by atoms with E-state index < -0.39 is 5.60 Å². The lowest BCUT2D eigenvalue weighted by Gasteiger charge is -2.35. The van der Waals surface area contributed by atoms with Gasteiger partial charge in [-0.1, -0.05) is 12.1 Å². The Morgan fingerprint density at radius 3 is 2.91 bits per heavy atom. The fourth-order valence-corrected chi connectivity index (χ4v) is 3.78. The van der Waals surface area contributed by atoms with E-state index in [0.717, 1.165) is 31.4 Å². The molecule has 7 heteroatoms. The molecule has 1 aliphatic carbocycles. The number of rotatable bonds is 4. The van der Waals surface area contributed by atoms with Crippen LogP contribution in [0.2, 0.25) is 0 Å². The van der Waals surface area contributed by atoms with Crippen LogP contribution >= 0.6 is 11.3 Å². The molecule has 0 saturated carbocycles. The monoisotopic (exact) mass is 339 g/mol. The number of nitrogens with zero attached hydrogens (tertiary/aromatic N) is 3. The number of carbonyl (C=O) groups excluding carboxylic acids is 1. The van der Waals surface area contributed by atoms with Gasteiger partial charge in [0.15, 0.2) is 0 Å². The molecule has 0 fully saturated rings. The van der Waals surface area contributed by atoms with Crippen LogP contribution in [-0.2, 0) is 17.6 Å². The van der Waals surface area contributed by atoms with Gasteiger partial charge in [-0.05, 0) is 40.0 Å². The first-order chi connectivity index (χ1) is 10.8. The van der Waals surface area contributed by atoms with Crippen molar-refractivity contribution in [2.24, 2.45) is 5.16 Å². The number of ether oxygens (including phenoxy) is 1. The Kier molecular flexibility index (Phi) is 5.62. The Hall–Kier alpha value is -1.63. The van der Waals surface area contributed by atoms with Crippen LogP contribution in [0.3, 0.4) is 0 Å². The van der Waals surface area contributed by atoms with Gasteiger partial charge in [0.25, 0.3) is 0 Å². The SMILES string of the molecule is CCCN(C(=O)OC(C)(C)C)C1CCc2nc(/C=N/O)sc2C1. The predicted molar refractivity (Wildman–Crippen MR) is 90.5 cm³/mol. The number of hydrogen-bond donors (Lipinski definition) is 1.